The van der Waals surface area contributed by atoms with E-state index in [1.807, 2.05) is 19.1 Å². The number of aromatic nitrogens is 4. The van der Waals surface area contributed by atoms with Crippen LogP contribution in [-0.4, -0.2) is 26.5 Å². The van der Waals surface area contributed by atoms with Gasteiger partial charge in [-0.15, -0.1) is 11.3 Å². The molecule has 2 N–H and O–H groups in total. The molecule has 0 atom stereocenters. The summed E-state index contributed by atoms with van der Waals surface area (Å²) in [5.74, 6) is 1.82. The quantitative estimate of drug-likeness (QED) is 0.664. The Morgan fingerprint density at radius 1 is 1.23 bits per heavy atom. The fourth-order valence-corrected chi connectivity index (χ4v) is 3.36. The Hall–Kier alpha value is -2.54. The Bertz CT molecular complexity index is 914. The third-order valence-corrected chi connectivity index (χ3v) is 5.14. The summed E-state index contributed by atoms with van der Waals surface area (Å²) in [7, 11) is 0. The predicted molar refractivity (Wildman–Crippen MR) is 106 cm³/mol. The molecule has 0 aliphatic rings. The van der Waals surface area contributed by atoms with Crippen LogP contribution >= 0.6 is 11.3 Å². The predicted octanol–water partition coefficient (Wildman–Crippen LogP) is 3.63. The summed E-state index contributed by atoms with van der Waals surface area (Å²) in [6, 6.07) is 5.33. The maximum absolute atomic E-state index is 11.7. The van der Waals surface area contributed by atoms with Crippen LogP contribution in [0.25, 0.3) is 11.4 Å². The highest BCUT2D eigenvalue weighted by molar-refractivity contribution is 7.09. The van der Waals surface area contributed by atoms with Gasteiger partial charge >= 0.3 is 0 Å². The van der Waals surface area contributed by atoms with Crippen LogP contribution in [0.1, 0.15) is 43.1 Å². The molecule has 3 aromatic rings. The lowest BCUT2D eigenvalue weighted by Crippen LogP contribution is -2.10. The molecule has 136 valence electrons. The van der Waals surface area contributed by atoms with Gasteiger partial charge in [-0.3, -0.25) is 4.79 Å². The number of aryl methyl sites for hydroxylation is 1. The lowest BCUT2D eigenvalue weighted by molar-refractivity contribution is 0.835. The van der Waals surface area contributed by atoms with E-state index in [-0.39, 0.29) is 5.56 Å². The van der Waals surface area contributed by atoms with Crippen molar-refractivity contribution in [2.75, 3.05) is 11.9 Å². The minimum absolute atomic E-state index is 0.141. The van der Waals surface area contributed by atoms with Crippen LogP contribution in [0.15, 0.2) is 34.6 Å². The molecule has 0 saturated carbocycles. The largest absolute Gasteiger partial charge is 0.370 e. The number of nitrogens with one attached hydrogen (secondary N) is 2. The molecule has 0 amide bonds. The van der Waals surface area contributed by atoms with Crippen LogP contribution in [0, 0.1) is 0 Å². The van der Waals surface area contributed by atoms with Crippen molar-refractivity contribution >= 4 is 17.2 Å². The molecule has 26 heavy (non-hydrogen) atoms. The van der Waals surface area contributed by atoms with Gasteiger partial charge in [-0.1, -0.05) is 20.8 Å². The summed E-state index contributed by atoms with van der Waals surface area (Å²) in [5.41, 5.74) is 2.54. The van der Waals surface area contributed by atoms with E-state index in [4.69, 9.17) is 0 Å². The minimum atomic E-state index is -0.141. The van der Waals surface area contributed by atoms with Crippen LogP contribution in [-0.2, 0) is 12.8 Å². The smallest absolute Gasteiger partial charge is 0.251 e. The van der Waals surface area contributed by atoms with Gasteiger partial charge in [0.05, 0.1) is 10.7 Å². The normalized spacial score (nSPS) is 11.1. The van der Waals surface area contributed by atoms with E-state index >= 15 is 0 Å². The van der Waals surface area contributed by atoms with Gasteiger partial charge in [-0.2, -0.15) is 0 Å². The Labute approximate surface area is 156 Å². The molecular weight excluding hydrogens is 346 g/mol. The van der Waals surface area contributed by atoms with Crippen molar-refractivity contribution in [1.29, 1.82) is 0 Å². The monoisotopic (exact) mass is 369 g/mol. The van der Waals surface area contributed by atoms with Gasteiger partial charge < -0.3 is 10.3 Å². The van der Waals surface area contributed by atoms with Crippen LogP contribution in [0.2, 0.25) is 0 Å². The molecule has 0 spiro atoms. The molecule has 0 saturated heterocycles. The van der Waals surface area contributed by atoms with E-state index in [0.717, 1.165) is 42.2 Å². The highest BCUT2D eigenvalue weighted by Gasteiger charge is 2.06. The molecule has 3 rings (SSSR count). The zero-order valence-electron chi connectivity index (χ0n) is 15.2. The molecule has 0 aliphatic heterocycles. The minimum Gasteiger partial charge on any atom is -0.370 e. The Morgan fingerprint density at radius 3 is 2.73 bits per heavy atom. The number of hydrogen-bond donors (Lipinski definition) is 2. The Morgan fingerprint density at radius 2 is 2.08 bits per heavy atom. The second kappa shape index (κ2) is 8.23. The second-order valence-electron chi connectivity index (χ2n) is 6.38. The number of thiazole rings is 1. The molecule has 0 radical (unpaired) electrons. The van der Waals surface area contributed by atoms with Crippen molar-refractivity contribution in [3.05, 3.63) is 56.5 Å². The number of hydrogen-bond acceptors (Lipinski definition) is 6. The van der Waals surface area contributed by atoms with Crippen molar-refractivity contribution in [2.24, 2.45) is 0 Å². The van der Waals surface area contributed by atoms with Gasteiger partial charge in [-0.05, 0) is 18.6 Å². The average Bonchev–Trinajstić information content (AvgIpc) is 3.11. The van der Waals surface area contributed by atoms with Crippen LogP contribution in [0.5, 0.6) is 0 Å². The van der Waals surface area contributed by atoms with Crippen molar-refractivity contribution in [1.82, 2.24) is 19.9 Å². The summed E-state index contributed by atoms with van der Waals surface area (Å²) < 4.78 is 0. The summed E-state index contributed by atoms with van der Waals surface area (Å²) in [6.45, 7) is 7.06. The number of nitrogens with zero attached hydrogens (tertiary/aromatic N) is 3. The lowest BCUT2D eigenvalue weighted by Gasteiger charge is -2.06. The SMILES string of the molecule is CCc1cc(=O)[nH]c(-c2ccc(NCCc3csc(C(C)C)n3)nc2)n1. The standard InChI is InChI=1S/C19H23N5OS/c1-4-14-9-17(25)24-18(22-14)13-5-6-16(21-10-13)20-8-7-15-11-26-19(23-15)12(2)3/h5-6,9-12H,4,7-8H2,1-3H3,(H,20,21)(H,22,24,25). The topological polar surface area (TPSA) is 83.6 Å². The van der Waals surface area contributed by atoms with E-state index in [9.17, 15) is 4.79 Å². The third kappa shape index (κ3) is 4.54. The number of pyridine rings is 1. The highest BCUT2D eigenvalue weighted by Crippen LogP contribution is 2.19. The van der Waals surface area contributed by atoms with Gasteiger partial charge in [0.15, 0.2) is 0 Å². The zero-order chi connectivity index (χ0) is 18.5. The van der Waals surface area contributed by atoms with Gasteiger partial charge in [0.1, 0.15) is 11.6 Å². The molecule has 0 unspecified atom stereocenters. The summed E-state index contributed by atoms with van der Waals surface area (Å²) in [5, 5.41) is 6.61. The lowest BCUT2D eigenvalue weighted by atomic mass is 10.2. The number of anilines is 1. The third-order valence-electron chi connectivity index (χ3n) is 3.94. The van der Waals surface area contributed by atoms with Crippen LogP contribution < -0.4 is 10.9 Å². The molecule has 6 nitrogen and oxygen atoms in total. The first-order valence-corrected chi connectivity index (χ1v) is 9.68. The second-order valence-corrected chi connectivity index (χ2v) is 7.27. The Kier molecular flexibility index (Phi) is 5.78. The first kappa shape index (κ1) is 18.3. The summed E-state index contributed by atoms with van der Waals surface area (Å²) >= 11 is 1.72. The van der Waals surface area contributed by atoms with Crippen molar-refractivity contribution in [3.8, 4) is 11.4 Å². The van der Waals surface area contributed by atoms with E-state index in [1.54, 1.807) is 17.5 Å². The first-order chi connectivity index (χ1) is 12.5. The fraction of sp³-hybridized carbons (Fsp3) is 0.368. The molecule has 0 aliphatic carbocycles. The van der Waals surface area contributed by atoms with Gasteiger partial charge in [0.2, 0.25) is 0 Å². The van der Waals surface area contributed by atoms with Gasteiger partial charge in [0, 0.05) is 47.8 Å². The summed E-state index contributed by atoms with van der Waals surface area (Å²) in [6.07, 6.45) is 3.30. The first-order valence-electron chi connectivity index (χ1n) is 8.80. The molecule has 3 heterocycles. The van der Waals surface area contributed by atoms with Crippen LogP contribution in [0.4, 0.5) is 5.82 Å². The molecule has 0 aromatic carbocycles. The van der Waals surface area contributed by atoms with Crippen molar-refractivity contribution < 1.29 is 0 Å². The molecule has 0 fully saturated rings. The average molecular weight is 369 g/mol. The van der Waals surface area contributed by atoms with Gasteiger partial charge in [0.25, 0.3) is 5.56 Å². The maximum Gasteiger partial charge on any atom is 0.251 e. The Balaban J connectivity index is 1.61. The summed E-state index contributed by atoms with van der Waals surface area (Å²) in [4.78, 5) is 28.0. The maximum atomic E-state index is 11.7. The zero-order valence-corrected chi connectivity index (χ0v) is 16.1. The molecule has 7 heteroatoms. The highest BCUT2D eigenvalue weighted by atomic mass is 32.1. The number of H-pyrrole nitrogens is 1. The molecule has 3 aromatic heterocycles. The van der Waals surface area contributed by atoms with Crippen molar-refractivity contribution in [3.63, 3.8) is 0 Å². The number of rotatable bonds is 7. The number of aromatic amines is 1. The van der Waals surface area contributed by atoms with E-state index in [0.29, 0.717) is 11.7 Å². The molecule has 0 bridgehead atoms. The van der Waals surface area contributed by atoms with Crippen molar-refractivity contribution in [2.45, 2.75) is 39.5 Å². The fourth-order valence-electron chi connectivity index (χ4n) is 2.49. The molecular formula is C19H23N5OS. The van der Waals surface area contributed by atoms with E-state index < -0.39 is 0 Å². The van der Waals surface area contributed by atoms with E-state index in [1.165, 1.54) is 11.1 Å². The van der Waals surface area contributed by atoms with E-state index in [2.05, 4.69) is 44.5 Å². The van der Waals surface area contributed by atoms with Crippen LogP contribution in [0.3, 0.4) is 0 Å². The van der Waals surface area contributed by atoms with Gasteiger partial charge in [-0.25, -0.2) is 15.0 Å².